The fraction of sp³-hybridized carbons (Fsp3) is 0.357. The van der Waals surface area contributed by atoms with Gasteiger partial charge in [0, 0.05) is 83.5 Å². The summed E-state index contributed by atoms with van der Waals surface area (Å²) in [5, 5.41) is 0. The van der Waals surface area contributed by atoms with Crippen LogP contribution < -0.4 is 85.3 Å². The zero-order valence-electron chi connectivity index (χ0n) is 84.9. The van der Waals surface area contributed by atoms with Crippen LogP contribution in [-0.2, 0) is 0 Å². The van der Waals surface area contributed by atoms with E-state index in [0.29, 0.717) is 0 Å². The Morgan fingerprint density at radius 1 is 0.146 bits per heavy atom. The standard InChI is InChI=1S/4C19H24O3.2C18H22O3/c1-11-10-15(20-5)8-9-16(11)17-14(4)18(21-6)12(2)13(3)19(17)22-7;1-11-10-15(8-9-16(11)20-5)17-14(4)18(21-6)12(2)13(3)19(17)22-7;1-11-8-9-15(16(10-11)20-5)17-14(4)18(21-6)12(2)13(3)19(17)22-7;1-11-9-8-10-15(17(11)20-5)16-14(4)18(21-6)12(2)13(3)19(16)22-7;1-11-12(2)18(21-6)16(13(3)17(11)20-5)14-7-9-15(19-4)10-8-14;1-11-12(2)18(21-6)16(13(3)17(11)20-5)14-9-7-8-10-15(14)19-4/h4*8-10H,1-7H3;2*7-10H,1-6H3. The van der Waals surface area contributed by atoms with Crippen molar-refractivity contribution in [2.45, 2.75) is 152 Å². The van der Waals surface area contributed by atoms with Crippen LogP contribution in [0.5, 0.6) is 103 Å². The molecule has 0 radical (unpaired) electrons. The van der Waals surface area contributed by atoms with E-state index in [0.717, 1.165) is 293 Å². The van der Waals surface area contributed by atoms with Gasteiger partial charge in [0.15, 0.2) is 0 Å². The number of hydrogen-bond donors (Lipinski definition) is 0. The Balaban J connectivity index is 0.000000213. The zero-order chi connectivity index (χ0) is 96.9. The molecule has 0 spiro atoms. The molecular formula is C112H140O18. The first-order valence-electron chi connectivity index (χ1n) is 43.1. The Morgan fingerprint density at radius 3 is 0.769 bits per heavy atom. The van der Waals surface area contributed by atoms with E-state index < -0.39 is 0 Å². The topological polar surface area (TPSA) is 166 Å². The van der Waals surface area contributed by atoms with Gasteiger partial charge in [-0.1, -0.05) is 72.8 Å². The van der Waals surface area contributed by atoms with Crippen LogP contribution in [0, 0.1) is 152 Å². The maximum atomic E-state index is 5.72. The monoisotopic (exact) mass is 1770 g/mol. The molecule has 0 atom stereocenters. The van der Waals surface area contributed by atoms with Crippen molar-refractivity contribution >= 4 is 0 Å². The van der Waals surface area contributed by atoms with Crippen molar-refractivity contribution in [1.29, 1.82) is 0 Å². The van der Waals surface area contributed by atoms with E-state index in [1.807, 2.05) is 98.8 Å². The average Bonchev–Trinajstić information content (AvgIpc) is 0.843. The lowest BCUT2D eigenvalue weighted by Gasteiger charge is -2.22. The first-order chi connectivity index (χ1) is 61.9. The van der Waals surface area contributed by atoms with E-state index in [-0.39, 0.29) is 0 Å². The zero-order valence-corrected chi connectivity index (χ0v) is 84.9. The highest BCUT2D eigenvalue weighted by Crippen LogP contribution is 2.53. The Labute approximate surface area is 775 Å². The van der Waals surface area contributed by atoms with Crippen LogP contribution in [0.1, 0.15) is 122 Å². The number of benzene rings is 12. The summed E-state index contributed by atoms with van der Waals surface area (Å²) in [5.74, 6) is 15.9. The molecule has 0 amide bonds. The SMILES string of the molecule is COc1c(C)cccc1-c1c(C)c(OC)c(C)c(C)c1OC.COc1cc(C)ccc1-c1c(C)c(OC)c(C)c(C)c1OC.COc1ccc(-c2c(C)c(OC)c(C)c(C)c2OC)c(C)c1.COc1ccc(-c2c(C)c(OC)c(C)c(C)c2OC)cc1.COc1ccc(-c2c(C)c(OC)c(C)c(C)c2OC)cc1C.COc1ccccc1-c1c(C)c(OC)c(C)c(C)c1OC. The predicted octanol–water partition coefficient (Wildman–Crippen LogP) is 27.1. The van der Waals surface area contributed by atoms with Gasteiger partial charge in [0.25, 0.3) is 0 Å². The summed E-state index contributed by atoms with van der Waals surface area (Å²) in [6.07, 6.45) is 0. The predicted molar refractivity (Wildman–Crippen MR) is 533 cm³/mol. The fourth-order valence-corrected chi connectivity index (χ4v) is 17.7. The molecule has 0 N–H and O–H groups in total. The molecule has 18 heteroatoms. The van der Waals surface area contributed by atoms with E-state index in [2.05, 4.69) is 175 Å². The van der Waals surface area contributed by atoms with Gasteiger partial charge in [-0.05, 0) is 307 Å². The minimum absolute atomic E-state index is 0.823. The molecule has 12 rings (SSSR count). The maximum Gasteiger partial charge on any atom is 0.130 e. The van der Waals surface area contributed by atoms with Gasteiger partial charge in [-0.25, -0.2) is 0 Å². The number of aryl methyl sites for hydroxylation is 4. The Kier molecular flexibility index (Phi) is 37.5. The summed E-state index contributed by atoms with van der Waals surface area (Å²) in [4.78, 5) is 0. The Morgan fingerprint density at radius 2 is 0.431 bits per heavy atom. The maximum absolute atomic E-state index is 5.72. The van der Waals surface area contributed by atoms with Gasteiger partial charge in [-0.15, -0.1) is 0 Å². The lowest BCUT2D eigenvalue weighted by molar-refractivity contribution is 0.395. The average molecular weight is 1770 g/mol. The molecule has 18 nitrogen and oxygen atoms in total. The van der Waals surface area contributed by atoms with Gasteiger partial charge in [0.1, 0.15) is 103 Å². The third-order valence-electron chi connectivity index (χ3n) is 25.0. The molecule has 0 aromatic heterocycles. The highest BCUT2D eigenvalue weighted by atomic mass is 16.5. The lowest BCUT2D eigenvalue weighted by Crippen LogP contribution is -2.02. The van der Waals surface area contributed by atoms with Gasteiger partial charge >= 0.3 is 0 Å². The Bertz CT molecular complexity index is 5990. The summed E-state index contributed by atoms with van der Waals surface area (Å²) in [5.41, 5.74) is 36.9. The van der Waals surface area contributed by atoms with Crippen LogP contribution in [0.3, 0.4) is 0 Å². The van der Waals surface area contributed by atoms with E-state index in [1.54, 1.807) is 128 Å². The van der Waals surface area contributed by atoms with Crippen LogP contribution in [0.2, 0.25) is 0 Å². The summed E-state index contributed by atoms with van der Waals surface area (Å²) in [7, 11) is 30.6. The smallest absolute Gasteiger partial charge is 0.130 e. The van der Waals surface area contributed by atoms with E-state index in [1.165, 1.54) is 0 Å². The number of para-hydroxylation sites is 2. The lowest BCUT2D eigenvalue weighted by atomic mass is 9.90. The number of methoxy groups -OCH3 is 18. The summed E-state index contributed by atoms with van der Waals surface area (Å²) in [6.45, 7) is 45.3. The van der Waals surface area contributed by atoms with Crippen LogP contribution in [0.25, 0.3) is 66.8 Å². The van der Waals surface area contributed by atoms with Gasteiger partial charge in [-0.2, -0.15) is 0 Å². The van der Waals surface area contributed by atoms with Crippen LogP contribution in [-0.4, -0.2) is 128 Å². The minimum atomic E-state index is 0.823. The van der Waals surface area contributed by atoms with Crippen molar-refractivity contribution in [2.75, 3.05) is 128 Å². The van der Waals surface area contributed by atoms with Crippen LogP contribution in [0.4, 0.5) is 0 Å². The molecule has 12 aromatic rings. The molecule has 12 aromatic carbocycles. The van der Waals surface area contributed by atoms with Crippen molar-refractivity contribution in [2.24, 2.45) is 0 Å². The van der Waals surface area contributed by atoms with Gasteiger partial charge in [0.05, 0.1) is 128 Å². The largest absolute Gasteiger partial charge is 0.497 e. The molecule has 0 fully saturated rings. The normalized spacial score (nSPS) is 10.5. The van der Waals surface area contributed by atoms with Crippen molar-refractivity contribution in [3.63, 3.8) is 0 Å². The first kappa shape index (κ1) is 104. The minimum Gasteiger partial charge on any atom is -0.497 e. The van der Waals surface area contributed by atoms with Crippen LogP contribution in [0.15, 0.2) is 121 Å². The third-order valence-corrected chi connectivity index (χ3v) is 25.0. The number of rotatable bonds is 24. The number of ether oxygens (including phenoxy) is 18. The van der Waals surface area contributed by atoms with E-state index >= 15 is 0 Å². The van der Waals surface area contributed by atoms with Gasteiger partial charge < -0.3 is 85.3 Å². The first-order valence-corrected chi connectivity index (χ1v) is 43.1. The van der Waals surface area contributed by atoms with Crippen molar-refractivity contribution < 1.29 is 85.3 Å². The number of hydrogen-bond acceptors (Lipinski definition) is 18. The van der Waals surface area contributed by atoms with Gasteiger partial charge in [0.2, 0.25) is 0 Å². The second kappa shape index (κ2) is 46.9. The van der Waals surface area contributed by atoms with Gasteiger partial charge in [-0.3, -0.25) is 0 Å². The highest BCUT2D eigenvalue weighted by Gasteiger charge is 2.29. The molecule has 0 saturated heterocycles. The molecule has 0 aliphatic heterocycles. The van der Waals surface area contributed by atoms with Crippen LogP contribution >= 0.6 is 0 Å². The molecule has 0 aliphatic rings. The van der Waals surface area contributed by atoms with E-state index in [9.17, 15) is 0 Å². The second-order valence-corrected chi connectivity index (χ2v) is 32.1. The summed E-state index contributed by atoms with van der Waals surface area (Å²) >= 11 is 0. The Hall–Kier alpha value is -13.0. The molecule has 0 unspecified atom stereocenters. The molecular weight excluding hydrogens is 1630 g/mol. The molecule has 0 heterocycles. The second-order valence-electron chi connectivity index (χ2n) is 32.1. The van der Waals surface area contributed by atoms with Crippen molar-refractivity contribution in [3.8, 4) is 170 Å². The highest BCUT2D eigenvalue weighted by molar-refractivity contribution is 5.88. The third kappa shape index (κ3) is 21.3. The molecule has 696 valence electrons. The fourth-order valence-electron chi connectivity index (χ4n) is 17.7. The molecule has 130 heavy (non-hydrogen) atoms. The summed E-state index contributed by atoms with van der Waals surface area (Å²) in [6, 6.07) is 40.5. The van der Waals surface area contributed by atoms with E-state index in [4.69, 9.17) is 85.3 Å². The van der Waals surface area contributed by atoms with Crippen molar-refractivity contribution in [1.82, 2.24) is 0 Å². The molecule has 0 saturated carbocycles. The summed E-state index contributed by atoms with van der Waals surface area (Å²) < 4.78 is 100. The van der Waals surface area contributed by atoms with Crippen molar-refractivity contribution in [3.05, 3.63) is 244 Å². The molecule has 0 bridgehead atoms. The quantitative estimate of drug-likeness (QED) is 0.0560. The molecule has 0 aliphatic carbocycles.